The van der Waals surface area contributed by atoms with Gasteiger partial charge >= 0.3 is 58.2 Å². The molecule has 0 saturated heterocycles. The van der Waals surface area contributed by atoms with Crippen LogP contribution in [0.1, 0.15) is 0 Å². The molecule has 1 N–H and O–H groups in total. The fraction of sp³-hybridized carbons (Fsp3) is 0.200. The Kier molecular flexibility index (Phi) is 4.83. The Balaban J connectivity index is 0.000000845. The number of aromatic nitrogens is 1. The minimum Gasteiger partial charge on any atom is -0.676 e. The second kappa shape index (κ2) is 5.42. The molecule has 1 aromatic heterocycles. The van der Waals surface area contributed by atoms with Crippen molar-refractivity contribution in [1.82, 2.24) is 4.57 Å². The summed E-state index contributed by atoms with van der Waals surface area (Å²) in [5, 5.41) is 1.26. The third-order valence-electron chi connectivity index (χ3n) is 2.03. The van der Waals surface area contributed by atoms with Crippen molar-refractivity contribution in [3.63, 3.8) is 0 Å². The van der Waals surface area contributed by atoms with Gasteiger partial charge in [0.1, 0.15) is 0 Å². The first-order valence-electron chi connectivity index (χ1n) is 4.10. The molecular formula is C10H11N2Rb. The summed E-state index contributed by atoms with van der Waals surface area (Å²) in [5.74, 6) is 0. The maximum atomic E-state index is 7.13. The van der Waals surface area contributed by atoms with Crippen molar-refractivity contribution >= 4 is 10.9 Å². The molecule has 0 fully saturated rings. The van der Waals surface area contributed by atoms with E-state index < -0.39 is 0 Å². The number of nitrogens with one attached hydrogen (secondary N) is 1. The van der Waals surface area contributed by atoms with Crippen LogP contribution in [0.25, 0.3) is 16.6 Å². The molecule has 1 aromatic carbocycles. The molecule has 0 bridgehead atoms. The molecule has 1 heterocycles. The molecule has 62 valence electrons. The van der Waals surface area contributed by atoms with Crippen molar-refractivity contribution in [2.75, 3.05) is 6.54 Å². The molecule has 2 aromatic rings. The molecule has 3 heteroatoms. The average Bonchev–Trinajstić information content (AvgIpc) is 2.50. The normalized spacial score (nSPS) is 9.92. The van der Waals surface area contributed by atoms with Crippen LogP contribution >= 0.6 is 0 Å². The number of nitrogens with zero attached hydrogens (tertiary/aromatic N) is 1. The first kappa shape index (κ1) is 11.6. The summed E-state index contributed by atoms with van der Waals surface area (Å²) >= 11 is 0. The molecular weight excluding hydrogens is 234 g/mol. The Labute approximate surface area is 127 Å². The number of benzene rings is 1. The monoisotopic (exact) mass is 244 g/mol. The first-order valence-corrected chi connectivity index (χ1v) is 4.10. The first-order chi connectivity index (χ1) is 5.92. The van der Waals surface area contributed by atoms with Crippen molar-refractivity contribution in [3.8, 4) is 0 Å². The maximum absolute atomic E-state index is 7.13. The molecule has 13 heavy (non-hydrogen) atoms. The maximum Gasteiger partial charge on any atom is 1.00 e. The number of fused-ring (bicyclic) bond motifs is 1. The van der Waals surface area contributed by atoms with E-state index >= 15 is 0 Å². The van der Waals surface area contributed by atoms with E-state index in [4.69, 9.17) is 5.73 Å². The van der Waals surface area contributed by atoms with Gasteiger partial charge in [0.15, 0.2) is 0 Å². The van der Waals surface area contributed by atoms with E-state index in [0.29, 0.717) is 6.54 Å². The molecule has 0 aliphatic rings. The van der Waals surface area contributed by atoms with Crippen molar-refractivity contribution < 1.29 is 58.2 Å². The van der Waals surface area contributed by atoms with Gasteiger partial charge in [-0.1, -0.05) is 18.2 Å². The number of rotatable bonds is 2. The van der Waals surface area contributed by atoms with Gasteiger partial charge in [-0.25, -0.2) is 0 Å². The second-order valence-corrected chi connectivity index (χ2v) is 2.82. The Hall–Kier alpha value is 0.525. The summed E-state index contributed by atoms with van der Waals surface area (Å²) in [6.45, 7) is 1.23. The molecule has 0 unspecified atom stereocenters. The summed E-state index contributed by atoms with van der Waals surface area (Å²) in [6.07, 6.45) is 2.04. The predicted molar refractivity (Wildman–Crippen MR) is 51.1 cm³/mol. The molecule has 2 rings (SSSR count). The summed E-state index contributed by atoms with van der Waals surface area (Å²) in [7, 11) is 0. The fourth-order valence-corrected chi connectivity index (χ4v) is 1.46. The molecule has 0 amide bonds. The fourth-order valence-electron chi connectivity index (χ4n) is 1.46. The minimum atomic E-state index is 0. The van der Waals surface area contributed by atoms with Crippen LogP contribution in [0.15, 0.2) is 36.5 Å². The Morgan fingerprint density at radius 1 is 1.15 bits per heavy atom. The summed E-state index contributed by atoms with van der Waals surface area (Å²) in [6, 6.07) is 10.3. The Morgan fingerprint density at radius 2 is 1.92 bits per heavy atom. The Bertz CT molecular complexity index is 381. The van der Waals surface area contributed by atoms with Crippen LogP contribution in [0.3, 0.4) is 0 Å². The van der Waals surface area contributed by atoms with Gasteiger partial charge in [0.05, 0.1) is 0 Å². The van der Waals surface area contributed by atoms with Gasteiger partial charge in [-0.3, -0.25) is 0 Å². The van der Waals surface area contributed by atoms with E-state index in [1.54, 1.807) is 0 Å². The van der Waals surface area contributed by atoms with Crippen molar-refractivity contribution in [1.29, 1.82) is 0 Å². The van der Waals surface area contributed by atoms with E-state index in [0.717, 1.165) is 6.54 Å². The van der Waals surface area contributed by atoms with Gasteiger partial charge in [-0.15, -0.1) is 6.54 Å². The SMILES string of the molecule is [NH-]CCn1ccc2ccccc21.[Rb+]. The van der Waals surface area contributed by atoms with E-state index in [-0.39, 0.29) is 58.2 Å². The van der Waals surface area contributed by atoms with E-state index in [1.165, 1.54) is 10.9 Å². The standard InChI is InChI=1S/C10H11N2.Rb/c11-6-8-12-7-5-9-3-1-2-4-10(9)12;/h1-5,7,11H,6,8H2;/q-1;+1. The second-order valence-electron chi connectivity index (χ2n) is 2.82. The van der Waals surface area contributed by atoms with Crippen LogP contribution in [0, 0.1) is 0 Å². The van der Waals surface area contributed by atoms with Crippen LogP contribution < -0.4 is 58.2 Å². The van der Waals surface area contributed by atoms with Crippen LogP contribution in [-0.2, 0) is 6.54 Å². The predicted octanol–water partition coefficient (Wildman–Crippen LogP) is -0.303. The summed E-state index contributed by atoms with van der Waals surface area (Å²) < 4.78 is 2.11. The van der Waals surface area contributed by atoms with Crippen LogP contribution in [0.4, 0.5) is 0 Å². The van der Waals surface area contributed by atoms with Crippen molar-refractivity contribution in [3.05, 3.63) is 42.3 Å². The van der Waals surface area contributed by atoms with E-state index in [9.17, 15) is 0 Å². The largest absolute Gasteiger partial charge is 1.00 e. The molecule has 0 radical (unpaired) electrons. The zero-order valence-electron chi connectivity index (χ0n) is 7.83. The number of para-hydroxylation sites is 1. The molecule has 0 aliphatic carbocycles. The summed E-state index contributed by atoms with van der Waals surface area (Å²) in [5.41, 5.74) is 8.36. The van der Waals surface area contributed by atoms with Gasteiger partial charge < -0.3 is 10.3 Å². The third kappa shape index (κ3) is 2.51. The molecule has 0 spiro atoms. The van der Waals surface area contributed by atoms with Gasteiger partial charge in [0.25, 0.3) is 0 Å². The molecule has 2 nitrogen and oxygen atoms in total. The van der Waals surface area contributed by atoms with E-state index in [1.807, 2.05) is 18.3 Å². The zero-order valence-corrected chi connectivity index (χ0v) is 12.7. The molecule has 0 saturated carbocycles. The van der Waals surface area contributed by atoms with Crippen molar-refractivity contribution in [2.24, 2.45) is 0 Å². The van der Waals surface area contributed by atoms with E-state index in [2.05, 4.69) is 22.8 Å². The summed E-state index contributed by atoms with van der Waals surface area (Å²) in [4.78, 5) is 0. The topological polar surface area (TPSA) is 28.7 Å². The van der Waals surface area contributed by atoms with Gasteiger partial charge in [0, 0.05) is 18.3 Å². The molecule has 0 atom stereocenters. The Morgan fingerprint density at radius 3 is 2.69 bits per heavy atom. The smallest absolute Gasteiger partial charge is 0.676 e. The quantitative estimate of drug-likeness (QED) is 0.694. The van der Waals surface area contributed by atoms with Crippen LogP contribution in [0.5, 0.6) is 0 Å². The minimum absolute atomic E-state index is 0. The van der Waals surface area contributed by atoms with Gasteiger partial charge in [-0.2, -0.15) is 0 Å². The van der Waals surface area contributed by atoms with Gasteiger partial charge in [-0.05, 0) is 17.5 Å². The molecule has 0 aliphatic heterocycles. The average molecular weight is 245 g/mol. The third-order valence-corrected chi connectivity index (χ3v) is 2.03. The number of hydrogen-bond acceptors (Lipinski definition) is 0. The van der Waals surface area contributed by atoms with Crippen molar-refractivity contribution in [2.45, 2.75) is 6.54 Å². The number of hydrogen-bond donors (Lipinski definition) is 0. The van der Waals surface area contributed by atoms with Crippen LogP contribution in [0.2, 0.25) is 0 Å². The van der Waals surface area contributed by atoms with Gasteiger partial charge in [0.2, 0.25) is 0 Å². The van der Waals surface area contributed by atoms with Crippen LogP contribution in [-0.4, -0.2) is 11.1 Å². The zero-order chi connectivity index (χ0) is 8.39.